The molecule has 0 amide bonds. The van der Waals surface area contributed by atoms with Crippen LogP contribution in [0.4, 0.5) is 11.4 Å². The lowest BCUT2D eigenvalue weighted by atomic mass is 9.79. The average molecular weight is 292 g/mol. The van der Waals surface area contributed by atoms with E-state index in [2.05, 4.69) is 19.2 Å². The summed E-state index contributed by atoms with van der Waals surface area (Å²) in [5.41, 5.74) is 0.815. The summed E-state index contributed by atoms with van der Waals surface area (Å²) >= 11 is 0. The van der Waals surface area contributed by atoms with E-state index < -0.39 is 4.92 Å². The van der Waals surface area contributed by atoms with E-state index in [9.17, 15) is 10.1 Å². The number of nitrogens with zero attached hydrogens (tertiary/aromatic N) is 1. The predicted octanol–water partition coefficient (Wildman–Crippen LogP) is 4.23. The summed E-state index contributed by atoms with van der Waals surface area (Å²) in [5, 5.41) is 14.5. The van der Waals surface area contributed by atoms with Crippen molar-refractivity contribution in [2.24, 2.45) is 11.8 Å². The van der Waals surface area contributed by atoms with Crippen molar-refractivity contribution in [2.75, 3.05) is 12.4 Å². The molecule has 0 saturated heterocycles. The van der Waals surface area contributed by atoms with Crippen LogP contribution >= 0.6 is 0 Å². The van der Waals surface area contributed by atoms with Crippen molar-refractivity contribution in [3.8, 4) is 5.75 Å². The van der Waals surface area contributed by atoms with E-state index in [-0.39, 0.29) is 5.69 Å². The van der Waals surface area contributed by atoms with Gasteiger partial charge in [-0.1, -0.05) is 26.7 Å². The normalized spacial score (nSPS) is 22.1. The number of rotatable bonds is 5. The van der Waals surface area contributed by atoms with Gasteiger partial charge in [-0.2, -0.15) is 0 Å². The minimum absolute atomic E-state index is 0.0127. The van der Waals surface area contributed by atoms with E-state index in [4.69, 9.17) is 4.74 Å². The smallest absolute Gasteiger partial charge is 0.312 e. The fourth-order valence-electron chi connectivity index (χ4n) is 3.12. The van der Waals surface area contributed by atoms with Crippen molar-refractivity contribution in [3.63, 3.8) is 0 Å². The molecule has 0 heterocycles. The first-order valence-corrected chi connectivity index (χ1v) is 7.60. The van der Waals surface area contributed by atoms with Crippen LogP contribution in [0.5, 0.6) is 5.75 Å². The molecular formula is C16H24N2O3. The molecule has 1 N–H and O–H groups in total. The van der Waals surface area contributed by atoms with Gasteiger partial charge in [-0.05, 0) is 36.8 Å². The number of nitro groups is 1. The highest BCUT2D eigenvalue weighted by Crippen LogP contribution is 2.34. The van der Waals surface area contributed by atoms with E-state index >= 15 is 0 Å². The lowest BCUT2D eigenvalue weighted by molar-refractivity contribution is -0.385. The maximum absolute atomic E-state index is 11.1. The van der Waals surface area contributed by atoms with Crippen molar-refractivity contribution in [3.05, 3.63) is 28.3 Å². The van der Waals surface area contributed by atoms with Gasteiger partial charge in [-0.3, -0.25) is 10.1 Å². The van der Waals surface area contributed by atoms with Crippen molar-refractivity contribution >= 4 is 11.4 Å². The molecule has 0 radical (unpaired) electrons. The van der Waals surface area contributed by atoms with Crippen LogP contribution in [0.3, 0.4) is 0 Å². The molecule has 1 aliphatic carbocycles. The Hall–Kier alpha value is -1.78. The first-order valence-electron chi connectivity index (χ1n) is 7.60. The van der Waals surface area contributed by atoms with Gasteiger partial charge in [0.15, 0.2) is 5.75 Å². The van der Waals surface area contributed by atoms with Crippen LogP contribution in [0.1, 0.15) is 39.5 Å². The minimum Gasteiger partial charge on any atom is -0.490 e. The second kappa shape index (κ2) is 6.78. The molecule has 2 atom stereocenters. The largest absolute Gasteiger partial charge is 0.490 e. The Balaban J connectivity index is 2.09. The quantitative estimate of drug-likeness (QED) is 0.651. The lowest BCUT2D eigenvalue weighted by Gasteiger charge is -2.32. The second-order valence-electron chi connectivity index (χ2n) is 6.16. The molecule has 21 heavy (non-hydrogen) atoms. The Morgan fingerprint density at radius 1 is 1.38 bits per heavy atom. The number of anilines is 1. The number of nitrogens with one attached hydrogen (secondary N) is 1. The van der Waals surface area contributed by atoms with Crippen molar-refractivity contribution < 1.29 is 9.66 Å². The van der Waals surface area contributed by atoms with E-state index in [0.29, 0.717) is 17.7 Å². The Kier molecular flexibility index (Phi) is 5.04. The minimum atomic E-state index is -0.401. The van der Waals surface area contributed by atoms with E-state index in [1.54, 1.807) is 12.1 Å². The Morgan fingerprint density at radius 3 is 2.76 bits per heavy atom. The molecule has 5 heteroatoms. The molecule has 1 saturated carbocycles. The maximum Gasteiger partial charge on any atom is 0.312 e. The average Bonchev–Trinajstić information content (AvgIpc) is 2.47. The zero-order chi connectivity index (χ0) is 15.4. The van der Waals surface area contributed by atoms with E-state index in [1.165, 1.54) is 20.0 Å². The molecule has 1 fully saturated rings. The highest BCUT2D eigenvalue weighted by Gasteiger charge is 2.24. The molecule has 116 valence electrons. The number of ether oxygens (including phenoxy) is 1. The Morgan fingerprint density at radius 2 is 2.14 bits per heavy atom. The summed E-state index contributed by atoms with van der Waals surface area (Å²) in [6.45, 7) is 4.54. The van der Waals surface area contributed by atoms with Gasteiger partial charge < -0.3 is 10.1 Å². The summed E-state index contributed by atoms with van der Waals surface area (Å²) in [4.78, 5) is 10.7. The molecule has 0 bridgehead atoms. The molecule has 0 aromatic heterocycles. The molecule has 1 aliphatic rings. The standard InChI is InChI=1S/C16H24N2O3/c1-11(2)12-5-4-6-13(9-12)17-14-7-8-16(21-3)15(10-14)18(19)20/h7-8,10-13,17H,4-6,9H2,1-3H3. The van der Waals surface area contributed by atoms with Gasteiger partial charge in [0.2, 0.25) is 0 Å². The molecule has 1 aromatic carbocycles. The molecule has 0 aliphatic heterocycles. The van der Waals surface area contributed by atoms with Crippen LogP contribution in [0.25, 0.3) is 0 Å². The fourth-order valence-corrected chi connectivity index (χ4v) is 3.12. The number of hydrogen-bond acceptors (Lipinski definition) is 4. The number of benzene rings is 1. The Labute approximate surface area is 125 Å². The van der Waals surface area contributed by atoms with Crippen LogP contribution in [0.2, 0.25) is 0 Å². The van der Waals surface area contributed by atoms with Gasteiger partial charge >= 0.3 is 5.69 Å². The van der Waals surface area contributed by atoms with Crippen molar-refractivity contribution in [2.45, 2.75) is 45.6 Å². The SMILES string of the molecule is COc1ccc(NC2CCCC(C(C)C)C2)cc1[N+](=O)[O-]. The van der Waals surface area contributed by atoms with Crippen LogP contribution in [-0.2, 0) is 0 Å². The lowest BCUT2D eigenvalue weighted by Crippen LogP contribution is -2.29. The molecular weight excluding hydrogens is 268 g/mol. The van der Waals surface area contributed by atoms with Gasteiger partial charge in [0, 0.05) is 17.8 Å². The molecule has 1 aromatic rings. The van der Waals surface area contributed by atoms with Gasteiger partial charge in [-0.25, -0.2) is 0 Å². The van der Waals surface area contributed by atoms with Crippen LogP contribution < -0.4 is 10.1 Å². The van der Waals surface area contributed by atoms with Crippen molar-refractivity contribution in [1.29, 1.82) is 0 Å². The van der Waals surface area contributed by atoms with Gasteiger partial charge in [0.25, 0.3) is 0 Å². The number of nitro benzene ring substituents is 1. The third kappa shape index (κ3) is 3.86. The third-order valence-corrected chi connectivity index (χ3v) is 4.40. The summed E-state index contributed by atoms with van der Waals surface area (Å²) in [6, 6.07) is 5.48. The highest BCUT2D eigenvalue weighted by molar-refractivity contribution is 5.58. The van der Waals surface area contributed by atoms with Gasteiger partial charge in [0.1, 0.15) is 0 Å². The second-order valence-corrected chi connectivity index (χ2v) is 6.16. The molecule has 2 unspecified atom stereocenters. The first kappa shape index (κ1) is 15.6. The molecule has 0 spiro atoms. The van der Waals surface area contributed by atoms with E-state index in [0.717, 1.165) is 24.4 Å². The summed E-state index contributed by atoms with van der Waals surface area (Å²) in [6.07, 6.45) is 4.78. The fraction of sp³-hybridized carbons (Fsp3) is 0.625. The Bertz CT molecular complexity index is 502. The first-order chi connectivity index (χ1) is 10.0. The van der Waals surface area contributed by atoms with Crippen molar-refractivity contribution in [1.82, 2.24) is 0 Å². The maximum atomic E-state index is 11.1. The number of methoxy groups -OCH3 is 1. The van der Waals surface area contributed by atoms with Crippen LogP contribution in [0, 0.1) is 22.0 Å². The summed E-state index contributed by atoms with van der Waals surface area (Å²) in [5.74, 6) is 1.73. The third-order valence-electron chi connectivity index (χ3n) is 4.40. The van der Waals surface area contributed by atoms with Crippen LogP contribution in [0.15, 0.2) is 18.2 Å². The predicted molar refractivity (Wildman–Crippen MR) is 83.9 cm³/mol. The van der Waals surface area contributed by atoms with E-state index in [1.807, 2.05) is 6.07 Å². The number of hydrogen-bond donors (Lipinski definition) is 1. The highest BCUT2D eigenvalue weighted by atomic mass is 16.6. The summed E-state index contributed by atoms with van der Waals surface area (Å²) < 4.78 is 5.03. The van der Waals surface area contributed by atoms with Crippen LogP contribution in [-0.4, -0.2) is 18.1 Å². The van der Waals surface area contributed by atoms with Gasteiger partial charge in [-0.15, -0.1) is 0 Å². The summed E-state index contributed by atoms with van der Waals surface area (Å²) in [7, 11) is 1.45. The zero-order valence-electron chi connectivity index (χ0n) is 13.0. The zero-order valence-corrected chi connectivity index (χ0v) is 13.0. The molecule has 2 rings (SSSR count). The van der Waals surface area contributed by atoms with Gasteiger partial charge in [0.05, 0.1) is 12.0 Å². The monoisotopic (exact) mass is 292 g/mol. The topological polar surface area (TPSA) is 64.4 Å². The molecule has 5 nitrogen and oxygen atoms in total.